The van der Waals surface area contributed by atoms with Gasteiger partial charge in [-0.05, 0) is 37.5 Å². The fraction of sp³-hybridized carbons (Fsp3) is 0.412. The van der Waals surface area contributed by atoms with Gasteiger partial charge in [0.15, 0.2) is 0 Å². The highest BCUT2D eigenvalue weighted by Gasteiger charge is 2.28. The van der Waals surface area contributed by atoms with E-state index in [4.69, 9.17) is 9.47 Å². The summed E-state index contributed by atoms with van der Waals surface area (Å²) in [5.41, 5.74) is 1.33. The first kappa shape index (κ1) is 16.1. The van der Waals surface area contributed by atoms with Gasteiger partial charge in [0.1, 0.15) is 5.75 Å². The van der Waals surface area contributed by atoms with Crippen LogP contribution in [-0.2, 0) is 9.53 Å². The summed E-state index contributed by atoms with van der Waals surface area (Å²) in [7, 11) is 0. The molecule has 2 amide bonds. The van der Waals surface area contributed by atoms with Gasteiger partial charge >= 0.3 is 0 Å². The summed E-state index contributed by atoms with van der Waals surface area (Å²) < 4.78 is 10.9. The second-order valence-electron chi connectivity index (χ2n) is 5.51. The Morgan fingerprint density at radius 3 is 2.64 bits per heavy atom. The lowest BCUT2D eigenvalue weighted by molar-refractivity contribution is -0.114. The van der Waals surface area contributed by atoms with Crippen LogP contribution in [0.3, 0.4) is 0 Å². The fourth-order valence-electron chi connectivity index (χ4n) is 2.09. The number of ether oxygens (including phenoxy) is 2. The van der Waals surface area contributed by atoms with Gasteiger partial charge in [-0.25, -0.2) is 0 Å². The molecule has 22 heavy (non-hydrogen) atoms. The number of hydrogen-bond donors (Lipinski definition) is 1. The largest absolute Gasteiger partial charge is 0.501 e. The van der Waals surface area contributed by atoms with E-state index in [2.05, 4.69) is 19.2 Å². The van der Waals surface area contributed by atoms with E-state index in [-0.39, 0.29) is 0 Å². The highest BCUT2D eigenvalue weighted by Crippen LogP contribution is 2.28. The number of benzene rings is 1. The molecule has 0 atom stereocenters. The Balaban J connectivity index is 2.28. The smallest absolute Gasteiger partial charge is 0.261 e. The third kappa shape index (κ3) is 3.67. The van der Waals surface area contributed by atoms with Crippen molar-refractivity contribution in [2.24, 2.45) is 5.92 Å². The van der Waals surface area contributed by atoms with Gasteiger partial charge < -0.3 is 9.47 Å². The lowest BCUT2D eigenvalue weighted by atomic mass is 9.95. The lowest BCUT2D eigenvalue weighted by Crippen LogP contribution is -2.36. The molecule has 0 unspecified atom stereocenters. The number of carbonyl (C=O) groups excluding carboxylic acids is 2. The number of amides is 2. The molecule has 0 saturated carbocycles. The molecule has 0 saturated heterocycles. The highest BCUT2D eigenvalue weighted by atomic mass is 16.5. The number of rotatable bonds is 6. The standard InChI is InChI=1S/C17H21NO4/c1-4-21-10-15-14-9-12(22-8-7-11(2)3)5-6-13(14)16(19)18-17(15)20/h5-6,9-11H,4,7-8H2,1-3H3,(H,18,19,20)/b15-10-. The fourth-order valence-corrected chi connectivity index (χ4v) is 2.09. The molecule has 1 heterocycles. The van der Waals surface area contributed by atoms with Crippen LogP contribution in [0.25, 0.3) is 5.57 Å². The SMILES string of the molecule is CCO/C=C1\C(=O)NC(=O)c2ccc(OCCC(C)C)cc21. The second kappa shape index (κ2) is 7.11. The molecule has 1 N–H and O–H groups in total. The van der Waals surface area contributed by atoms with E-state index in [0.29, 0.717) is 41.6 Å². The first-order valence-electron chi connectivity index (χ1n) is 7.47. The first-order chi connectivity index (χ1) is 10.5. The van der Waals surface area contributed by atoms with Crippen molar-refractivity contribution in [3.05, 3.63) is 35.6 Å². The van der Waals surface area contributed by atoms with Crippen molar-refractivity contribution < 1.29 is 19.1 Å². The van der Waals surface area contributed by atoms with Gasteiger partial charge in [-0.15, -0.1) is 0 Å². The molecule has 1 aliphatic rings. The summed E-state index contributed by atoms with van der Waals surface area (Å²) in [5, 5.41) is 2.31. The molecule has 0 aliphatic carbocycles. The van der Waals surface area contributed by atoms with Gasteiger partial charge in [-0.1, -0.05) is 13.8 Å². The maximum atomic E-state index is 12.0. The molecule has 1 aromatic rings. The lowest BCUT2D eigenvalue weighted by Gasteiger charge is -2.19. The van der Waals surface area contributed by atoms with Crippen molar-refractivity contribution >= 4 is 17.4 Å². The minimum Gasteiger partial charge on any atom is -0.501 e. The van der Waals surface area contributed by atoms with Crippen LogP contribution in [-0.4, -0.2) is 25.0 Å². The third-order valence-corrected chi connectivity index (χ3v) is 3.33. The molecule has 0 radical (unpaired) electrons. The number of nitrogens with one attached hydrogen (secondary N) is 1. The normalized spacial score (nSPS) is 15.7. The zero-order valence-corrected chi connectivity index (χ0v) is 13.1. The Hall–Kier alpha value is -2.30. The Morgan fingerprint density at radius 2 is 1.95 bits per heavy atom. The first-order valence-corrected chi connectivity index (χ1v) is 7.47. The zero-order chi connectivity index (χ0) is 16.1. The summed E-state index contributed by atoms with van der Waals surface area (Å²) in [4.78, 5) is 23.9. The number of fused-ring (bicyclic) bond motifs is 1. The van der Waals surface area contributed by atoms with Crippen molar-refractivity contribution in [1.82, 2.24) is 5.32 Å². The van der Waals surface area contributed by atoms with Gasteiger partial charge in [0.25, 0.3) is 11.8 Å². The van der Waals surface area contributed by atoms with Crippen LogP contribution >= 0.6 is 0 Å². The minimum atomic E-state index is -0.453. The molecule has 1 aliphatic heterocycles. The van der Waals surface area contributed by atoms with Crippen LogP contribution in [0, 0.1) is 5.92 Å². The van der Waals surface area contributed by atoms with Crippen molar-refractivity contribution in [1.29, 1.82) is 0 Å². The van der Waals surface area contributed by atoms with Gasteiger partial charge in [0, 0.05) is 11.1 Å². The van der Waals surface area contributed by atoms with E-state index < -0.39 is 11.8 Å². The molecule has 0 spiro atoms. The second-order valence-corrected chi connectivity index (χ2v) is 5.51. The topological polar surface area (TPSA) is 64.6 Å². The summed E-state index contributed by atoms with van der Waals surface area (Å²) in [6.45, 7) is 7.13. The Bertz CT molecular complexity index is 605. The molecule has 5 heteroatoms. The van der Waals surface area contributed by atoms with E-state index in [0.717, 1.165) is 6.42 Å². The Labute approximate surface area is 130 Å². The average molecular weight is 303 g/mol. The molecule has 5 nitrogen and oxygen atoms in total. The van der Waals surface area contributed by atoms with E-state index in [1.165, 1.54) is 6.26 Å². The predicted octanol–water partition coefficient (Wildman–Crippen LogP) is 2.76. The van der Waals surface area contributed by atoms with Gasteiger partial charge in [-0.3, -0.25) is 14.9 Å². The summed E-state index contributed by atoms with van der Waals surface area (Å²) in [6, 6.07) is 5.13. The molecular formula is C17H21NO4. The molecular weight excluding hydrogens is 282 g/mol. The summed E-state index contributed by atoms with van der Waals surface area (Å²) >= 11 is 0. The summed E-state index contributed by atoms with van der Waals surface area (Å²) in [6.07, 6.45) is 2.33. The highest BCUT2D eigenvalue weighted by molar-refractivity contribution is 6.30. The maximum Gasteiger partial charge on any atom is 0.261 e. The minimum absolute atomic E-state index is 0.339. The van der Waals surface area contributed by atoms with E-state index in [9.17, 15) is 9.59 Å². The van der Waals surface area contributed by atoms with E-state index >= 15 is 0 Å². The predicted molar refractivity (Wildman–Crippen MR) is 83.5 cm³/mol. The molecule has 2 rings (SSSR count). The van der Waals surface area contributed by atoms with Crippen molar-refractivity contribution in [2.75, 3.05) is 13.2 Å². The molecule has 0 bridgehead atoms. The van der Waals surface area contributed by atoms with Crippen molar-refractivity contribution in [2.45, 2.75) is 27.2 Å². The maximum absolute atomic E-state index is 12.0. The van der Waals surface area contributed by atoms with E-state index in [1.54, 1.807) is 18.2 Å². The van der Waals surface area contributed by atoms with Crippen LogP contribution < -0.4 is 10.1 Å². The molecule has 118 valence electrons. The van der Waals surface area contributed by atoms with Crippen LogP contribution in [0.1, 0.15) is 43.1 Å². The number of carbonyl (C=O) groups is 2. The van der Waals surface area contributed by atoms with Crippen LogP contribution in [0.4, 0.5) is 0 Å². The Kier molecular flexibility index (Phi) is 5.20. The Morgan fingerprint density at radius 1 is 1.18 bits per heavy atom. The van der Waals surface area contributed by atoms with Gasteiger partial charge in [0.2, 0.25) is 0 Å². The quantitative estimate of drug-likeness (QED) is 0.498. The average Bonchev–Trinajstić information content (AvgIpc) is 2.46. The van der Waals surface area contributed by atoms with Crippen molar-refractivity contribution in [3.8, 4) is 5.75 Å². The third-order valence-electron chi connectivity index (χ3n) is 3.33. The van der Waals surface area contributed by atoms with Crippen LogP contribution in [0.2, 0.25) is 0 Å². The van der Waals surface area contributed by atoms with Gasteiger partial charge in [-0.2, -0.15) is 0 Å². The van der Waals surface area contributed by atoms with E-state index in [1.807, 2.05) is 6.92 Å². The molecule has 0 aromatic heterocycles. The summed E-state index contributed by atoms with van der Waals surface area (Å²) in [5.74, 6) is 0.343. The number of hydrogen-bond acceptors (Lipinski definition) is 4. The van der Waals surface area contributed by atoms with Crippen molar-refractivity contribution in [3.63, 3.8) is 0 Å². The zero-order valence-electron chi connectivity index (χ0n) is 13.1. The monoisotopic (exact) mass is 303 g/mol. The van der Waals surface area contributed by atoms with Crippen LogP contribution in [0.15, 0.2) is 24.5 Å². The van der Waals surface area contributed by atoms with Gasteiger partial charge in [0.05, 0.1) is 25.0 Å². The number of imide groups is 1. The molecule has 1 aromatic carbocycles. The molecule has 0 fully saturated rings. The van der Waals surface area contributed by atoms with Crippen LogP contribution in [0.5, 0.6) is 5.75 Å².